The number of rotatable bonds is 2. The number of nitrogen functional groups attached to an aromatic ring is 1. The molecule has 0 amide bonds. The van der Waals surface area contributed by atoms with E-state index in [1.165, 1.54) is 19.2 Å². The van der Waals surface area contributed by atoms with Crippen molar-refractivity contribution in [1.82, 2.24) is 9.97 Å². The normalized spacial score (nSPS) is 17.0. The van der Waals surface area contributed by atoms with E-state index in [0.29, 0.717) is 5.82 Å². The number of anilines is 1. The minimum atomic E-state index is 0.528. The van der Waals surface area contributed by atoms with Crippen molar-refractivity contribution < 1.29 is 0 Å². The molecule has 0 saturated heterocycles. The average molecular weight is 161 g/mol. The Morgan fingerprint density at radius 1 is 1.42 bits per heavy atom. The lowest BCUT2D eigenvalue weighted by atomic mass is 10.3. The van der Waals surface area contributed by atoms with Gasteiger partial charge >= 0.3 is 0 Å². The molecule has 1 aliphatic carbocycles. The Hall–Kier alpha value is -1.38. The Morgan fingerprint density at radius 2 is 2.25 bits per heavy atom. The second-order valence-electron chi connectivity index (χ2n) is 3.06. The highest BCUT2D eigenvalue weighted by molar-refractivity contribution is 5.48. The minimum absolute atomic E-state index is 0.528. The third-order valence-corrected chi connectivity index (χ3v) is 1.87. The van der Waals surface area contributed by atoms with E-state index in [1.807, 2.05) is 6.08 Å². The summed E-state index contributed by atoms with van der Waals surface area (Å²) in [5.41, 5.74) is 6.39. The molecule has 0 aromatic carbocycles. The quantitative estimate of drug-likeness (QED) is 0.714. The molecule has 0 radical (unpaired) electrons. The molecule has 3 nitrogen and oxygen atoms in total. The molecule has 62 valence electrons. The van der Waals surface area contributed by atoms with Gasteiger partial charge in [0.1, 0.15) is 12.1 Å². The van der Waals surface area contributed by atoms with Gasteiger partial charge < -0.3 is 5.73 Å². The maximum atomic E-state index is 5.50. The molecule has 1 fully saturated rings. The van der Waals surface area contributed by atoms with Crippen LogP contribution in [0.2, 0.25) is 0 Å². The Kier molecular flexibility index (Phi) is 1.78. The molecule has 2 rings (SSSR count). The number of nitrogens with two attached hydrogens (primary N) is 1. The molecular formula is C9H11N3. The van der Waals surface area contributed by atoms with Crippen LogP contribution in [0.3, 0.4) is 0 Å². The van der Waals surface area contributed by atoms with Crippen molar-refractivity contribution in [1.29, 1.82) is 0 Å². The number of allylic oxidation sites excluding steroid dienone is 1. The highest BCUT2D eigenvalue weighted by Crippen LogP contribution is 2.30. The molecule has 0 aliphatic heterocycles. The molecule has 2 N–H and O–H groups in total. The molecule has 1 heterocycles. The Bertz CT molecular complexity index is 302. The highest BCUT2D eigenvalue weighted by atomic mass is 14.9. The molecule has 1 aromatic rings. The lowest BCUT2D eigenvalue weighted by Crippen LogP contribution is -1.91. The molecule has 12 heavy (non-hydrogen) atoms. The topological polar surface area (TPSA) is 51.8 Å². The van der Waals surface area contributed by atoms with Crippen molar-refractivity contribution in [2.24, 2.45) is 5.92 Å². The smallest absolute Gasteiger partial charge is 0.127 e. The summed E-state index contributed by atoms with van der Waals surface area (Å²) >= 11 is 0. The van der Waals surface area contributed by atoms with Crippen molar-refractivity contribution >= 4 is 11.9 Å². The van der Waals surface area contributed by atoms with Gasteiger partial charge in [-0.05, 0) is 24.8 Å². The molecule has 0 atom stereocenters. The van der Waals surface area contributed by atoms with Crippen molar-refractivity contribution in [3.05, 3.63) is 24.2 Å². The van der Waals surface area contributed by atoms with Gasteiger partial charge in [-0.2, -0.15) is 0 Å². The zero-order chi connectivity index (χ0) is 8.39. The maximum Gasteiger partial charge on any atom is 0.127 e. The van der Waals surface area contributed by atoms with Crippen molar-refractivity contribution in [3.8, 4) is 0 Å². The van der Waals surface area contributed by atoms with Gasteiger partial charge in [0.05, 0.1) is 5.69 Å². The lowest BCUT2D eigenvalue weighted by molar-refractivity contribution is 1.12. The Labute approximate surface area is 71.3 Å². The number of hydrogen-bond donors (Lipinski definition) is 1. The number of hydrogen-bond acceptors (Lipinski definition) is 3. The van der Waals surface area contributed by atoms with Crippen LogP contribution in [0.25, 0.3) is 6.08 Å². The van der Waals surface area contributed by atoms with Crippen LogP contribution >= 0.6 is 0 Å². The third kappa shape index (κ3) is 1.81. The van der Waals surface area contributed by atoms with E-state index < -0.39 is 0 Å². The molecule has 1 saturated carbocycles. The van der Waals surface area contributed by atoms with E-state index >= 15 is 0 Å². The maximum absolute atomic E-state index is 5.50. The van der Waals surface area contributed by atoms with Gasteiger partial charge in [-0.25, -0.2) is 9.97 Å². The summed E-state index contributed by atoms with van der Waals surface area (Å²) < 4.78 is 0. The van der Waals surface area contributed by atoms with Crippen LogP contribution in [0.15, 0.2) is 18.5 Å². The summed E-state index contributed by atoms with van der Waals surface area (Å²) in [5, 5.41) is 0. The van der Waals surface area contributed by atoms with Crippen molar-refractivity contribution in [2.45, 2.75) is 12.8 Å². The monoisotopic (exact) mass is 161 g/mol. The molecular weight excluding hydrogens is 150 g/mol. The lowest BCUT2D eigenvalue weighted by Gasteiger charge is -1.92. The second kappa shape index (κ2) is 2.93. The predicted octanol–water partition coefficient (Wildman–Crippen LogP) is 1.48. The Balaban J connectivity index is 2.11. The standard InChI is InChI=1S/C9H11N3/c10-9-5-8(11-6-12-9)4-3-7-1-2-7/h3-7H,1-2H2,(H2,10,11,12)/b4-3+. The van der Waals surface area contributed by atoms with Crippen LogP contribution in [0.4, 0.5) is 5.82 Å². The summed E-state index contributed by atoms with van der Waals surface area (Å²) in [4.78, 5) is 7.88. The molecule has 0 unspecified atom stereocenters. The van der Waals surface area contributed by atoms with Gasteiger partial charge in [0, 0.05) is 6.07 Å². The van der Waals surface area contributed by atoms with Crippen LogP contribution in [0, 0.1) is 5.92 Å². The predicted molar refractivity (Wildman–Crippen MR) is 48.2 cm³/mol. The summed E-state index contributed by atoms with van der Waals surface area (Å²) in [7, 11) is 0. The third-order valence-electron chi connectivity index (χ3n) is 1.87. The van der Waals surface area contributed by atoms with Crippen LogP contribution < -0.4 is 5.73 Å². The van der Waals surface area contributed by atoms with Crippen molar-refractivity contribution in [3.63, 3.8) is 0 Å². The molecule has 0 bridgehead atoms. The Morgan fingerprint density at radius 3 is 2.92 bits per heavy atom. The highest BCUT2D eigenvalue weighted by Gasteiger charge is 2.16. The van der Waals surface area contributed by atoms with E-state index in [2.05, 4.69) is 16.0 Å². The van der Waals surface area contributed by atoms with Crippen LogP contribution in [-0.2, 0) is 0 Å². The molecule has 1 aromatic heterocycles. The SMILES string of the molecule is Nc1cc(/C=C/C2CC2)ncn1. The first-order valence-corrected chi connectivity index (χ1v) is 4.10. The van der Waals surface area contributed by atoms with Crippen LogP contribution in [0.5, 0.6) is 0 Å². The van der Waals surface area contributed by atoms with Gasteiger partial charge in [0.25, 0.3) is 0 Å². The molecule has 3 heteroatoms. The first-order valence-electron chi connectivity index (χ1n) is 4.10. The van der Waals surface area contributed by atoms with Gasteiger partial charge in [-0.3, -0.25) is 0 Å². The first-order chi connectivity index (χ1) is 5.84. The average Bonchev–Trinajstić information content (AvgIpc) is 2.84. The van der Waals surface area contributed by atoms with E-state index in [4.69, 9.17) is 5.73 Å². The largest absolute Gasteiger partial charge is 0.384 e. The van der Waals surface area contributed by atoms with Crippen molar-refractivity contribution in [2.75, 3.05) is 5.73 Å². The van der Waals surface area contributed by atoms with E-state index in [1.54, 1.807) is 6.07 Å². The van der Waals surface area contributed by atoms with Gasteiger partial charge in [-0.15, -0.1) is 0 Å². The minimum Gasteiger partial charge on any atom is -0.384 e. The molecule has 0 spiro atoms. The van der Waals surface area contributed by atoms with E-state index in [9.17, 15) is 0 Å². The summed E-state index contributed by atoms with van der Waals surface area (Å²) in [6, 6.07) is 1.78. The van der Waals surface area contributed by atoms with E-state index in [0.717, 1.165) is 11.6 Å². The summed E-state index contributed by atoms with van der Waals surface area (Å²) in [5.74, 6) is 1.31. The summed E-state index contributed by atoms with van der Waals surface area (Å²) in [6.45, 7) is 0. The fourth-order valence-electron chi connectivity index (χ4n) is 1.00. The van der Waals surface area contributed by atoms with Gasteiger partial charge in [0.2, 0.25) is 0 Å². The van der Waals surface area contributed by atoms with Gasteiger partial charge in [-0.1, -0.05) is 6.08 Å². The zero-order valence-electron chi connectivity index (χ0n) is 6.77. The zero-order valence-corrected chi connectivity index (χ0v) is 6.77. The first kappa shape index (κ1) is 7.28. The van der Waals surface area contributed by atoms with E-state index in [-0.39, 0.29) is 0 Å². The van der Waals surface area contributed by atoms with Gasteiger partial charge in [0.15, 0.2) is 0 Å². The van der Waals surface area contributed by atoms with Crippen LogP contribution in [-0.4, -0.2) is 9.97 Å². The second-order valence-corrected chi connectivity index (χ2v) is 3.06. The fourth-order valence-corrected chi connectivity index (χ4v) is 1.00. The fraction of sp³-hybridized carbons (Fsp3) is 0.333. The number of aromatic nitrogens is 2. The number of nitrogens with zero attached hydrogens (tertiary/aromatic N) is 2. The summed E-state index contributed by atoms with van der Waals surface area (Å²) in [6.07, 6.45) is 8.31. The molecule has 1 aliphatic rings. The van der Waals surface area contributed by atoms with Crippen LogP contribution in [0.1, 0.15) is 18.5 Å².